The minimum atomic E-state index is 0.741. The van der Waals surface area contributed by atoms with Crippen LogP contribution in [0.1, 0.15) is 39.0 Å². The van der Waals surface area contributed by atoms with Crippen molar-refractivity contribution in [2.45, 2.75) is 62.0 Å². The van der Waals surface area contributed by atoms with Crippen LogP contribution in [0.15, 0.2) is 29.2 Å². The Morgan fingerprint density at radius 1 is 1.20 bits per heavy atom. The quantitative estimate of drug-likeness (QED) is 0.828. The molecule has 2 aliphatic rings. The van der Waals surface area contributed by atoms with Crippen molar-refractivity contribution >= 4 is 17.4 Å². The number of anilines is 1. The summed E-state index contributed by atoms with van der Waals surface area (Å²) in [4.78, 5) is 4.17. The molecule has 2 unspecified atom stereocenters. The summed E-state index contributed by atoms with van der Waals surface area (Å²) in [7, 11) is 0. The second-order valence-corrected chi connectivity index (χ2v) is 6.93. The van der Waals surface area contributed by atoms with Gasteiger partial charge < -0.3 is 10.2 Å². The molecule has 2 nitrogen and oxygen atoms in total. The average molecular weight is 290 g/mol. The van der Waals surface area contributed by atoms with Crippen LogP contribution >= 0.6 is 11.8 Å². The lowest BCUT2D eigenvalue weighted by atomic mass is 9.96. The van der Waals surface area contributed by atoms with Crippen molar-refractivity contribution in [1.29, 1.82) is 0 Å². The van der Waals surface area contributed by atoms with E-state index in [9.17, 15) is 0 Å². The summed E-state index contributed by atoms with van der Waals surface area (Å²) in [6, 6.07) is 11.2. The van der Waals surface area contributed by atoms with Crippen molar-refractivity contribution in [2.75, 3.05) is 17.7 Å². The van der Waals surface area contributed by atoms with E-state index in [2.05, 4.69) is 47.7 Å². The largest absolute Gasteiger partial charge is 0.365 e. The third-order valence-electron chi connectivity index (χ3n) is 4.78. The predicted molar refractivity (Wildman–Crippen MR) is 88.8 cm³/mol. The molecule has 1 aromatic carbocycles. The molecule has 1 N–H and O–H groups in total. The van der Waals surface area contributed by atoms with E-state index >= 15 is 0 Å². The van der Waals surface area contributed by atoms with Crippen LogP contribution in [-0.4, -0.2) is 30.9 Å². The Morgan fingerprint density at radius 3 is 2.55 bits per heavy atom. The molecular formula is C17H26N2S. The Bertz CT molecular complexity index is 434. The topological polar surface area (TPSA) is 15.3 Å². The third-order valence-corrected chi connectivity index (χ3v) is 5.56. The fraction of sp³-hybridized carbons (Fsp3) is 0.647. The third kappa shape index (κ3) is 2.71. The average Bonchev–Trinajstić information content (AvgIpc) is 2.75. The Morgan fingerprint density at radius 2 is 1.90 bits per heavy atom. The van der Waals surface area contributed by atoms with Crippen LogP contribution in [-0.2, 0) is 0 Å². The first-order valence-electron chi connectivity index (χ1n) is 7.98. The fourth-order valence-electron chi connectivity index (χ4n) is 3.93. The summed E-state index contributed by atoms with van der Waals surface area (Å²) in [6.07, 6.45) is 8.81. The maximum absolute atomic E-state index is 3.74. The van der Waals surface area contributed by atoms with Crippen LogP contribution in [0.2, 0.25) is 0 Å². The van der Waals surface area contributed by atoms with Crippen LogP contribution in [0.25, 0.3) is 0 Å². The van der Waals surface area contributed by atoms with Crippen molar-refractivity contribution in [3.05, 3.63) is 24.3 Å². The second-order valence-electron chi connectivity index (χ2n) is 6.09. The number of nitrogens with one attached hydrogen (secondary N) is 1. The highest BCUT2D eigenvalue weighted by Crippen LogP contribution is 2.42. The van der Waals surface area contributed by atoms with Gasteiger partial charge in [0.2, 0.25) is 0 Å². The van der Waals surface area contributed by atoms with Crippen LogP contribution in [0.4, 0.5) is 5.69 Å². The van der Waals surface area contributed by atoms with Gasteiger partial charge >= 0.3 is 0 Å². The van der Waals surface area contributed by atoms with Crippen molar-refractivity contribution in [1.82, 2.24) is 5.32 Å². The highest BCUT2D eigenvalue weighted by Gasteiger charge is 2.41. The van der Waals surface area contributed by atoms with Crippen molar-refractivity contribution in [3.8, 4) is 0 Å². The SMILES string of the molecule is CCCNC1CC2CCC(C1)N2c1ccccc1SC. The van der Waals surface area contributed by atoms with Gasteiger partial charge in [0, 0.05) is 23.0 Å². The monoisotopic (exact) mass is 290 g/mol. The van der Waals surface area contributed by atoms with Gasteiger partial charge in [-0.2, -0.15) is 0 Å². The molecule has 2 bridgehead atoms. The van der Waals surface area contributed by atoms with Gasteiger partial charge in [0.25, 0.3) is 0 Å². The molecule has 2 aliphatic heterocycles. The number of nitrogens with zero attached hydrogens (tertiary/aromatic N) is 1. The van der Waals surface area contributed by atoms with Gasteiger partial charge in [0.1, 0.15) is 0 Å². The summed E-state index contributed by atoms with van der Waals surface area (Å²) in [5, 5.41) is 3.74. The summed E-state index contributed by atoms with van der Waals surface area (Å²) in [6.45, 7) is 3.43. The molecule has 3 rings (SSSR count). The molecule has 3 heteroatoms. The normalized spacial score (nSPS) is 28.9. The molecule has 0 aliphatic carbocycles. The molecule has 2 fully saturated rings. The first-order valence-corrected chi connectivity index (χ1v) is 9.20. The number of rotatable bonds is 5. The number of hydrogen-bond donors (Lipinski definition) is 1. The number of fused-ring (bicyclic) bond motifs is 2. The lowest BCUT2D eigenvalue weighted by Gasteiger charge is -2.41. The van der Waals surface area contributed by atoms with E-state index < -0.39 is 0 Å². The van der Waals surface area contributed by atoms with Gasteiger partial charge in [-0.05, 0) is 57.0 Å². The van der Waals surface area contributed by atoms with Gasteiger partial charge in [0.05, 0.1) is 5.69 Å². The van der Waals surface area contributed by atoms with E-state index in [0.717, 1.165) is 18.1 Å². The number of benzene rings is 1. The van der Waals surface area contributed by atoms with E-state index in [-0.39, 0.29) is 0 Å². The minimum absolute atomic E-state index is 0.741. The van der Waals surface area contributed by atoms with Gasteiger partial charge in [-0.3, -0.25) is 0 Å². The Hall–Kier alpha value is -0.670. The molecule has 20 heavy (non-hydrogen) atoms. The lowest BCUT2D eigenvalue weighted by molar-refractivity contribution is 0.356. The van der Waals surface area contributed by atoms with Crippen LogP contribution in [0, 0.1) is 0 Å². The molecule has 0 amide bonds. The lowest BCUT2D eigenvalue weighted by Crippen LogP contribution is -2.49. The first kappa shape index (κ1) is 14.3. The van der Waals surface area contributed by atoms with Gasteiger partial charge in [-0.25, -0.2) is 0 Å². The second kappa shape index (κ2) is 6.40. The molecule has 2 saturated heterocycles. The smallest absolute Gasteiger partial charge is 0.0509 e. The molecule has 0 aromatic heterocycles. The summed E-state index contributed by atoms with van der Waals surface area (Å²) < 4.78 is 0. The van der Waals surface area contributed by atoms with Crippen molar-refractivity contribution < 1.29 is 0 Å². The van der Waals surface area contributed by atoms with E-state index in [4.69, 9.17) is 0 Å². The molecule has 2 atom stereocenters. The zero-order valence-electron chi connectivity index (χ0n) is 12.6. The number of piperidine rings is 1. The summed E-state index contributed by atoms with van der Waals surface area (Å²) >= 11 is 1.88. The van der Waals surface area contributed by atoms with E-state index in [1.165, 1.54) is 49.2 Å². The fourth-order valence-corrected chi connectivity index (χ4v) is 4.53. The molecule has 110 valence electrons. The molecular weight excluding hydrogens is 264 g/mol. The van der Waals surface area contributed by atoms with Crippen molar-refractivity contribution in [3.63, 3.8) is 0 Å². The first-order chi connectivity index (χ1) is 9.83. The molecule has 0 spiro atoms. The Kier molecular flexibility index (Phi) is 4.57. The summed E-state index contributed by atoms with van der Waals surface area (Å²) in [5.74, 6) is 0. The van der Waals surface area contributed by atoms with E-state index in [0.29, 0.717) is 0 Å². The highest BCUT2D eigenvalue weighted by atomic mass is 32.2. The zero-order valence-corrected chi connectivity index (χ0v) is 13.5. The maximum Gasteiger partial charge on any atom is 0.0509 e. The summed E-state index contributed by atoms with van der Waals surface area (Å²) in [5.41, 5.74) is 1.47. The highest BCUT2D eigenvalue weighted by molar-refractivity contribution is 7.98. The zero-order chi connectivity index (χ0) is 13.9. The van der Waals surface area contributed by atoms with E-state index in [1.807, 2.05) is 11.8 Å². The van der Waals surface area contributed by atoms with E-state index in [1.54, 1.807) is 0 Å². The molecule has 2 heterocycles. The van der Waals surface area contributed by atoms with Gasteiger partial charge in [-0.1, -0.05) is 19.1 Å². The van der Waals surface area contributed by atoms with Crippen LogP contribution in [0.3, 0.4) is 0 Å². The Balaban J connectivity index is 1.77. The Labute approximate surface area is 127 Å². The van der Waals surface area contributed by atoms with Gasteiger partial charge in [0.15, 0.2) is 0 Å². The number of thioether (sulfide) groups is 1. The molecule has 1 aromatic rings. The van der Waals surface area contributed by atoms with Crippen molar-refractivity contribution in [2.24, 2.45) is 0 Å². The standard InChI is InChI=1S/C17H26N2S/c1-3-10-18-13-11-14-8-9-15(12-13)19(14)16-6-4-5-7-17(16)20-2/h4-7,13-15,18H,3,8-12H2,1-2H3. The number of para-hydroxylation sites is 1. The van der Waals surface area contributed by atoms with Crippen LogP contribution in [0.5, 0.6) is 0 Å². The minimum Gasteiger partial charge on any atom is -0.365 e. The predicted octanol–water partition coefficient (Wildman–Crippen LogP) is 3.91. The number of hydrogen-bond acceptors (Lipinski definition) is 3. The van der Waals surface area contributed by atoms with Crippen LogP contribution < -0.4 is 10.2 Å². The maximum atomic E-state index is 3.74. The van der Waals surface area contributed by atoms with Gasteiger partial charge in [-0.15, -0.1) is 11.8 Å². The molecule has 0 radical (unpaired) electrons. The molecule has 0 saturated carbocycles.